The molecule has 0 aromatic heterocycles. The van der Waals surface area contributed by atoms with E-state index in [4.69, 9.17) is 5.73 Å². The molecule has 0 aliphatic rings. The highest BCUT2D eigenvalue weighted by Crippen LogP contribution is 2.20. The monoisotopic (exact) mass is 346 g/mol. The molecule has 2 rings (SSSR count). The highest BCUT2D eigenvalue weighted by molar-refractivity contribution is 9.10. The standard InChI is InChI=1S/C17H19BrN2O/c1-2-20(11-10-13-6-4-3-5-7-13)17(21)15-12-14(18)8-9-16(15)19/h3-9,12H,2,10-11,19H2,1H3. The summed E-state index contributed by atoms with van der Waals surface area (Å²) in [5, 5.41) is 0. The highest BCUT2D eigenvalue weighted by Gasteiger charge is 2.16. The van der Waals surface area contributed by atoms with Gasteiger partial charge in [0.05, 0.1) is 5.56 Å². The van der Waals surface area contributed by atoms with E-state index in [9.17, 15) is 4.79 Å². The minimum absolute atomic E-state index is 0.0211. The summed E-state index contributed by atoms with van der Waals surface area (Å²) in [5.41, 5.74) is 8.22. The minimum atomic E-state index is -0.0211. The van der Waals surface area contributed by atoms with Gasteiger partial charge in [-0.2, -0.15) is 0 Å². The second-order valence-corrected chi connectivity index (χ2v) is 5.77. The predicted octanol–water partition coefficient (Wildman–Crippen LogP) is 3.74. The Kier molecular flexibility index (Phi) is 5.39. The summed E-state index contributed by atoms with van der Waals surface area (Å²) >= 11 is 3.39. The zero-order valence-corrected chi connectivity index (χ0v) is 13.6. The zero-order chi connectivity index (χ0) is 15.2. The number of likely N-dealkylation sites (N-methyl/N-ethyl adjacent to an activating group) is 1. The van der Waals surface area contributed by atoms with Crippen LogP contribution in [0.5, 0.6) is 0 Å². The molecule has 3 nitrogen and oxygen atoms in total. The van der Waals surface area contributed by atoms with Crippen LogP contribution in [0.25, 0.3) is 0 Å². The normalized spacial score (nSPS) is 10.4. The molecule has 4 heteroatoms. The number of nitrogens with zero attached hydrogens (tertiary/aromatic N) is 1. The summed E-state index contributed by atoms with van der Waals surface area (Å²) in [5.74, 6) is -0.0211. The maximum absolute atomic E-state index is 12.6. The van der Waals surface area contributed by atoms with Gasteiger partial charge >= 0.3 is 0 Å². The van der Waals surface area contributed by atoms with Crippen LogP contribution in [0.2, 0.25) is 0 Å². The number of hydrogen-bond donors (Lipinski definition) is 1. The molecule has 0 radical (unpaired) electrons. The van der Waals surface area contributed by atoms with E-state index in [2.05, 4.69) is 28.1 Å². The summed E-state index contributed by atoms with van der Waals surface area (Å²) in [4.78, 5) is 14.4. The Morgan fingerprint density at radius 3 is 2.57 bits per heavy atom. The van der Waals surface area contributed by atoms with E-state index in [0.717, 1.165) is 10.9 Å². The van der Waals surface area contributed by atoms with Gasteiger partial charge in [-0.1, -0.05) is 46.3 Å². The Balaban J connectivity index is 2.10. The second-order valence-electron chi connectivity index (χ2n) is 4.85. The van der Waals surface area contributed by atoms with E-state index in [0.29, 0.717) is 24.3 Å². The summed E-state index contributed by atoms with van der Waals surface area (Å²) < 4.78 is 0.860. The molecule has 0 aliphatic carbocycles. The number of rotatable bonds is 5. The van der Waals surface area contributed by atoms with Gasteiger partial charge in [0, 0.05) is 23.2 Å². The van der Waals surface area contributed by atoms with Crippen LogP contribution in [0.3, 0.4) is 0 Å². The molecular weight excluding hydrogens is 328 g/mol. The van der Waals surface area contributed by atoms with Gasteiger partial charge < -0.3 is 10.6 Å². The molecule has 0 aliphatic heterocycles. The molecule has 0 bridgehead atoms. The lowest BCUT2D eigenvalue weighted by Gasteiger charge is -2.22. The first-order valence-corrected chi connectivity index (χ1v) is 7.79. The Bertz CT molecular complexity index is 613. The first kappa shape index (κ1) is 15.6. The summed E-state index contributed by atoms with van der Waals surface area (Å²) in [6.45, 7) is 3.33. The number of amides is 1. The largest absolute Gasteiger partial charge is 0.398 e. The quantitative estimate of drug-likeness (QED) is 0.838. The van der Waals surface area contributed by atoms with E-state index in [1.807, 2.05) is 36.1 Å². The molecule has 1 amide bonds. The summed E-state index contributed by atoms with van der Waals surface area (Å²) in [6.07, 6.45) is 0.842. The van der Waals surface area contributed by atoms with Crippen LogP contribution in [0.1, 0.15) is 22.8 Å². The molecular formula is C17H19BrN2O. The van der Waals surface area contributed by atoms with E-state index < -0.39 is 0 Å². The Morgan fingerprint density at radius 2 is 1.90 bits per heavy atom. The van der Waals surface area contributed by atoms with Crippen LogP contribution in [-0.4, -0.2) is 23.9 Å². The molecule has 0 fully saturated rings. The van der Waals surface area contributed by atoms with Crippen LogP contribution in [0.4, 0.5) is 5.69 Å². The van der Waals surface area contributed by atoms with Crippen molar-refractivity contribution in [1.29, 1.82) is 0 Å². The van der Waals surface area contributed by atoms with Crippen molar-refractivity contribution in [3.05, 3.63) is 64.1 Å². The number of hydrogen-bond acceptors (Lipinski definition) is 2. The zero-order valence-electron chi connectivity index (χ0n) is 12.1. The summed E-state index contributed by atoms with van der Waals surface area (Å²) in [7, 11) is 0. The van der Waals surface area contributed by atoms with Gasteiger partial charge in [-0.15, -0.1) is 0 Å². The van der Waals surface area contributed by atoms with Gasteiger partial charge in [-0.25, -0.2) is 0 Å². The Labute approximate surface area is 133 Å². The fourth-order valence-corrected chi connectivity index (χ4v) is 2.56. The van der Waals surface area contributed by atoms with Crippen LogP contribution in [0, 0.1) is 0 Å². The fraction of sp³-hybridized carbons (Fsp3) is 0.235. The molecule has 0 spiro atoms. The minimum Gasteiger partial charge on any atom is -0.398 e. The molecule has 0 saturated heterocycles. The van der Waals surface area contributed by atoms with Crippen molar-refractivity contribution in [2.24, 2.45) is 0 Å². The predicted molar refractivity (Wildman–Crippen MR) is 90.3 cm³/mol. The lowest BCUT2D eigenvalue weighted by atomic mass is 10.1. The van der Waals surface area contributed by atoms with Crippen molar-refractivity contribution in [3.63, 3.8) is 0 Å². The second kappa shape index (κ2) is 7.27. The third kappa shape index (κ3) is 4.08. The van der Waals surface area contributed by atoms with Gasteiger partial charge in [-0.3, -0.25) is 4.79 Å². The lowest BCUT2D eigenvalue weighted by Crippen LogP contribution is -2.33. The number of nitrogens with two attached hydrogens (primary N) is 1. The molecule has 0 unspecified atom stereocenters. The lowest BCUT2D eigenvalue weighted by molar-refractivity contribution is 0.0767. The first-order valence-electron chi connectivity index (χ1n) is 7.00. The smallest absolute Gasteiger partial charge is 0.255 e. The topological polar surface area (TPSA) is 46.3 Å². The molecule has 2 aromatic rings. The van der Waals surface area contributed by atoms with Gasteiger partial charge in [0.15, 0.2) is 0 Å². The molecule has 2 aromatic carbocycles. The van der Waals surface area contributed by atoms with Crippen molar-refractivity contribution in [3.8, 4) is 0 Å². The number of anilines is 1. The van der Waals surface area contributed by atoms with Crippen LogP contribution in [-0.2, 0) is 6.42 Å². The van der Waals surface area contributed by atoms with Crippen molar-refractivity contribution < 1.29 is 4.79 Å². The van der Waals surface area contributed by atoms with Crippen LogP contribution >= 0.6 is 15.9 Å². The van der Waals surface area contributed by atoms with Gasteiger partial charge in [0.1, 0.15) is 0 Å². The average molecular weight is 347 g/mol. The number of nitrogen functional groups attached to an aromatic ring is 1. The third-order valence-electron chi connectivity index (χ3n) is 3.43. The van der Waals surface area contributed by atoms with Gasteiger partial charge in [-0.05, 0) is 37.1 Å². The maximum Gasteiger partial charge on any atom is 0.255 e. The molecule has 21 heavy (non-hydrogen) atoms. The van der Waals surface area contributed by atoms with E-state index in [1.165, 1.54) is 5.56 Å². The average Bonchev–Trinajstić information content (AvgIpc) is 2.51. The number of carbonyl (C=O) groups is 1. The molecule has 110 valence electrons. The van der Waals surface area contributed by atoms with E-state index in [1.54, 1.807) is 12.1 Å². The van der Waals surface area contributed by atoms with Crippen molar-refractivity contribution in [2.45, 2.75) is 13.3 Å². The van der Waals surface area contributed by atoms with Crippen molar-refractivity contribution >= 4 is 27.5 Å². The first-order chi connectivity index (χ1) is 10.1. The summed E-state index contributed by atoms with van der Waals surface area (Å²) in [6, 6.07) is 15.5. The Morgan fingerprint density at radius 1 is 1.19 bits per heavy atom. The third-order valence-corrected chi connectivity index (χ3v) is 3.92. The highest BCUT2D eigenvalue weighted by atomic mass is 79.9. The van der Waals surface area contributed by atoms with Crippen molar-refractivity contribution in [1.82, 2.24) is 4.90 Å². The van der Waals surface area contributed by atoms with Gasteiger partial charge in [0.2, 0.25) is 0 Å². The molecule has 2 N–H and O–H groups in total. The van der Waals surface area contributed by atoms with Crippen LogP contribution in [0.15, 0.2) is 53.0 Å². The van der Waals surface area contributed by atoms with E-state index in [-0.39, 0.29) is 5.91 Å². The number of benzene rings is 2. The fourth-order valence-electron chi connectivity index (χ4n) is 2.20. The number of carbonyl (C=O) groups excluding carboxylic acids is 1. The SMILES string of the molecule is CCN(CCc1ccccc1)C(=O)c1cc(Br)ccc1N. The van der Waals surface area contributed by atoms with Crippen molar-refractivity contribution in [2.75, 3.05) is 18.8 Å². The molecule has 0 saturated carbocycles. The Hall–Kier alpha value is -1.81. The molecule has 0 heterocycles. The van der Waals surface area contributed by atoms with Crippen LogP contribution < -0.4 is 5.73 Å². The number of halogens is 1. The van der Waals surface area contributed by atoms with Gasteiger partial charge in [0.25, 0.3) is 5.91 Å². The maximum atomic E-state index is 12.6. The van der Waals surface area contributed by atoms with E-state index >= 15 is 0 Å². The molecule has 0 atom stereocenters.